The molecule has 1 saturated heterocycles. The van der Waals surface area contributed by atoms with Crippen LogP contribution in [0.2, 0.25) is 0 Å². The van der Waals surface area contributed by atoms with Gasteiger partial charge in [0.05, 0.1) is 6.61 Å². The van der Waals surface area contributed by atoms with Crippen molar-refractivity contribution in [3.05, 3.63) is 33.1 Å². The summed E-state index contributed by atoms with van der Waals surface area (Å²) in [5.41, 5.74) is -1.27. The van der Waals surface area contributed by atoms with Crippen molar-refractivity contribution in [2.24, 2.45) is 0 Å². The summed E-state index contributed by atoms with van der Waals surface area (Å²) in [5, 5.41) is 19.4. The van der Waals surface area contributed by atoms with Crippen LogP contribution in [0.1, 0.15) is 6.23 Å². The average Bonchev–Trinajstić information content (AvgIpc) is 2.73. The summed E-state index contributed by atoms with van der Waals surface area (Å²) < 4.78 is 16.4. The van der Waals surface area contributed by atoms with Crippen LogP contribution in [0, 0.1) is 0 Å². The summed E-state index contributed by atoms with van der Waals surface area (Å²) in [6.07, 6.45) is -2.68. The molecule has 0 amide bonds. The van der Waals surface area contributed by atoms with Crippen molar-refractivity contribution in [2.45, 2.75) is 24.5 Å². The number of aromatic nitrogens is 2. The van der Waals surface area contributed by atoms with Crippen molar-refractivity contribution >= 4 is 0 Å². The van der Waals surface area contributed by atoms with Gasteiger partial charge in [0.15, 0.2) is 6.23 Å². The highest BCUT2D eigenvalue weighted by atomic mass is 16.7. The second-order valence-corrected chi connectivity index (χ2v) is 4.29. The number of rotatable bonds is 5. The number of nitrogens with one attached hydrogen (secondary N) is 1. The predicted octanol–water partition coefficient (Wildman–Crippen LogP) is -2.22. The van der Waals surface area contributed by atoms with E-state index in [1.807, 2.05) is 0 Å². The molecular weight excluding hydrogens is 272 g/mol. The molecular formula is C11H16N2O7. The van der Waals surface area contributed by atoms with E-state index in [4.69, 9.17) is 14.2 Å². The molecule has 20 heavy (non-hydrogen) atoms. The molecule has 112 valence electrons. The van der Waals surface area contributed by atoms with Gasteiger partial charge in [-0.25, -0.2) is 4.79 Å². The zero-order valence-electron chi connectivity index (χ0n) is 10.8. The number of methoxy groups -OCH3 is 1. The van der Waals surface area contributed by atoms with Gasteiger partial charge < -0.3 is 24.4 Å². The summed E-state index contributed by atoms with van der Waals surface area (Å²) in [4.78, 5) is 24.7. The first kappa shape index (κ1) is 14.9. The molecule has 0 radical (unpaired) electrons. The largest absolute Gasteiger partial charge is 0.394 e. The van der Waals surface area contributed by atoms with Crippen LogP contribution in [0.15, 0.2) is 21.9 Å². The third kappa shape index (κ3) is 2.81. The molecule has 0 aromatic carbocycles. The number of aliphatic hydroxyl groups excluding tert-OH is 2. The summed E-state index contributed by atoms with van der Waals surface area (Å²) >= 11 is 0. The molecule has 0 bridgehead atoms. The molecule has 1 aromatic heterocycles. The van der Waals surface area contributed by atoms with E-state index in [0.717, 1.165) is 10.6 Å². The third-order valence-corrected chi connectivity index (χ3v) is 2.99. The Labute approximate surface area is 113 Å². The fourth-order valence-corrected chi connectivity index (χ4v) is 2.08. The van der Waals surface area contributed by atoms with Crippen LogP contribution in [0.25, 0.3) is 0 Å². The van der Waals surface area contributed by atoms with Gasteiger partial charge in [0, 0.05) is 19.4 Å². The molecule has 0 unspecified atom stereocenters. The summed E-state index contributed by atoms with van der Waals surface area (Å²) in [6, 6.07) is 1.13. The van der Waals surface area contributed by atoms with Crippen LogP contribution in [-0.4, -0.2) is 58.6 Å². The van der Waals surface area contributed by atoms with Crippen LogP contribution < -0.4 is 11.2 Å². The van der Waals surface area contributed by atoms with E-state index in [9.17, 15) is 19.8 Å². The topological polar surface area (TPSA) is 123 Å². The molecule has 9 nitrogen and oxygen atoms in total. The smallest absolute Gasteiger partial charge is 0.330 e. The first-order valence-corrected chi connectivity index (χ1v) is 5.95. The van der Waals surface area contributed by atoms with Crippen molar-refractivity contribution in [3.63, 3.8) is 0 Å². The monoisotopic (exact) mass is 288 g/mol. The highest BCUT2D eigenvalue weighted by Gasteiger charge is 2.45. The maximum absolute atomic E-state index is 11.7. The van der Waals surface area contributed by atoms with Gasteiger partial charge in [0.25, 0.3) is 5.56 Å². The molecule has 1 aliphatic heterocycles. The molecule has 0 spiro atoms. The van der Waals surface area contributed by atoms with E-state index in [0.29, 0.717) is 0 Å². The number of hydrogen-bond acceptors (Lipinski definition) is 7. The molecule has 2 heterocycles. The Morgan fingerprint density at radius 3 is 2.85 bits per heavy atom. The predicted molar refractivity (Wildman–Crippen MR) is 65.1 cm³/mol. The van der Waals surface area contributed by atoms with Gasteiger partial charge >= 0.3 is 5.69 Å². The van der Waals surface area contributed by atoms with Crippen LogP contribution in [0.3, 0.4) is 0 Å². The van der Waals surface area contributed by atoms with E-state index in [1.54, 1.807) is 0 Å². The maximum atomic E-state index is 11.7. The number of ether oxygens (including phenoxy) is 3. The molecule has 4 atom stereocenters. The van der Waals surface area contributed by atoms with Crippen LogP contribution in [0.5, 0.6) is 0 Å². The van der Waals surface area contributed by atoms with Gasteiger partial charge in [-0.3, -0.25) is 14.3 Å². The fourth-order valence-electron chi connectivity index (χ4n) is 2.08. The van der Waals surface area contributed by atoms with Gasteiger partial charge in [-0.2, -0.15) is 0 Å². The third-order valence-electron chi connectivity index (χ3n) is 2.99. The maximum Gasteiger partial charge on any atom is 0.330 e. The van der Waals surface area contributed by atoms with Crippen molar-refractivity contribution < 1.29 is 24.4 Å². The van der Waals surface area contributed by atoms with Crippen LogP contribution >= 0.6 is 0 Å². The van der Waals surface area contributed by atoms with Gasteiger partial charge in [0.2, 0.25) is 0 Å². The second kappa shape index (κ2) is 6.29. The SMILES string of the molecule is COCO[C@H]1[C@@H](O)[C@H](n2ccc(=O)[nH]c2=O)O[C@@H]1CO. The lowest BCUT2D eigenvalue weighted by atomic mass is 10.1. The number of H-pyrrole nitrogens is 1. The molecule has 3 N–H and O–H groups in total. The number of aromatic amines is 1. The molecule has 1 aromatic rings. The van der Waals surface area contributed by atoms with Gasteiger partial charge in [0.1, 0.15) is 25.1 Å². The minimum Gasteiger partial charge on any atom is -0.394 e. The molecule has 2 rings (SSSR count). The minimum absolute atomic E-state index is 0.0885. The van der Waals surface area contributed by atoms with Gasteiger partial charge in [-0.05, 0) is 0 Å². The lowest BCUT2D eigenvalue weighted by molar-refractivity contribution is -0.120. The lowest BCUT2D eigenvalue weighted by Gasteiger charge is -2.19. The standard InChI is InChI=1S/C11H16N2O7/c1-18-5-19-9-6(4-14)20-10(8(9)16)13-3-2-7(15)12-11(13)17/h2-3,6,8-10,14,16H,4-5H2,1H3,(H,12,15,17)/t6-,8-,9-,10-/m1/s1. The quantitative estimate of drug-likeness (QED) is 0.524. The van der Waals surface area contributed by atoms with E-state index in [1.165, 1.54) is 13.3 Å². The molecule has 1 fully saturated rings. The van der Waals surface area contributed by atoms with E-state index >= 15 is 0 Å². The van der Waals surface area contributed by atoms with E-state index in [2.05, 4.69) is 4.98 Å². The Hall–Kier alpha value is -1.52. The Kier molecular flexibility index (Phi) is 4.68. The first-order chi connectivity index (χ1) is 9.58. The Balaban J connectivity index is 2.25. The minimum atomic E-state index is -1.19. The van der Waals surface area contributed by atoms with Gasteiger partial charge in [-0.1, -0.05) is 0 Å². The van der Waals surface area contributed by atoms with E-state index < -0.39 is 35.8 Å². The van der Waals surface area contributed by atoms with Crippen LogP contribution in [-0.2, 0) is 14.2 Å². The summed E-state index contributed by atoms with van der Waals surface area (Å²) in [5.74, 6) is 0. The van der Waals surface area contributed by atoms with E-state index in [-0.39, 0.29) is 13.4 Å². The summed E-state index contributed by atoms with van der Waals surface area (Å²) in [6.45, 7) is -0.477. The zero-order valence-corrected chi connectivity index (χ0v) is 10.8. The first-order valence-electron chi connectivity index (χ1n) is 5.95. The molecule has 1 aliphatic rings. The number of nitrogens with zero attached hydrogens (tertiary/aromatic N) is 1. The highest BCUT2D eigenvalue weighted by molar-refractivity contribution is 4.93. The van der Waals surface area contributed by atoms with Gasteiger partial charge in [-0.15, -0.1) is 0 Å². The normalized spacial score (nSPS) is 29.8. The van der Waals surface area contributed by atoms with Crippen molar-refractivity contribution in [3.8, 4) is 0 Å². The molecule has 9 heteroatoms. The molecule has 0 saturated carbocycles. The fraction of sp³-hybridized carbons (Fsp3) is 0.636. The molecule has 0 aliphatic carbocycles. The van der Waals surface area contributed by atoms with Crippen molar-refractivity contribution in [1.82, 2.24) is 9.55 Å². The number of hydrogen-bond donors (Lipinski definition) is 3. The summed E-state index contributed by atoms with van der Waals surface area (Å²) in [7, 11) is 1.42. The Morgan fingerprint density at radius 2 is 2.25 bits per heavy atom. The second-order valence-electron chi connectivity index (χ2n) is 4.29. The zero-order chi connectivity index (χ0) is 14.7. The van der Waals surface area contributed by atoms with Crippen molar-refractivity contribution in [2.75, 3.05) is 20.5 Å². The average molecular weight is 288 g/mol. The van der Waals surface area contributed by atoms with Crippen LogP contribution in [0.4, 0.5) is 0 Å². The lowest BCUT2D eigenvalue weighted by Crippen LogP contribution is -2.39. The Morgan fingerprint density at radius 1 is 1.50 bits per heavy atom. The highest BCUT2D eigenvalue weighted by Crippen LogP contribution is 2.30. The van der Waals surface area contributed by atoms with Crippen molar-refractivity contribution in [1.29, 1.82) is 0 Å². The number of aliphatic hydroxyl groups is 2. The Bertz CT molecular complexity index is 554.